The Morgan fingerprint density at radius 2 is 2.10 bits per heavy atom. The Labute approximate surface area is 125 Å². The second-order valence-corrected chi connectivity index (χ2v) is 7.84. The van der Waals surface area contributed by atoms with Crippen LogP contribution >= 0.6 is 0 Å². The van der Waals surface area contributed by atoms with Crippen molar-refractivity contribution in [2.75, 3.05) is 19.8 Å². The predicted molar refractivity (Wildman–Crippen MR) is 77.0 cm³/mol. The van der Waals surface area contributed by atoms with E-state index in [4.69, 9.17) is 4.74 Å². The van der Waals surface area contributed by atoms with Gasteiger partial charge in [-0.05, 0) is 55.9 Å². The molecule has 0 spiro atoms. The van der Waals surface area contributed by atoms with Crippen LogP contribution in [0.1, 0.15) is 24.8 Å². The monoisotopic (exact) mass is 313 g/mol. The van der Waals surface area contributed by atoms with Gasteiger partial charge in [0.05, 0.1) is 11.5 Å². The number of sulfonamides is 1. The topological polar surface area (TPSA) is 46.6 Å². The van der Waals surface area contributed by atoms with Crippen molar-refractivity contribution in [1.82, 2.24) is 4.31 Å². The normalized spacial score (nSPS) is 22.9. The fourth-order valence-electron chi connectivity index (χ4n) is 2.70. The maximum Gasteiger partial charge on any atom is 0.243 e. The van der Waals surface area contributed by atoms with Gasteiger partial charge >= 0.3 is 0 Å². The van der Waals surface area contributed by atoms with Gasteiger partial charge in [-0.1, -0.05) is 0 Å². The summed E-state index contributed by atoms with van der Waals surface area (Å²) in [5.41, 5.74) is 0.357. The SMILES string of the molecule is Cc1cc(S(=O)(=O)N(C[C@H]2CCOC2)C2CC2)ccc1F. The third-order valence-corrected chi connectivity index (χ3v) is 6.07. The minimum absolute atomic E-state index is 0.0981. The second kappa shape index (κ2) is 5.66. The minimum atomic E-state index is -3.55. The van der Waals surface area contributed by atoms with Gasteiger partial charge in [0.25, 0.3) is 0 Å². The molecule has 1 atom stereocenters. The van der Waals surface area contributed by atoms with Crippen LogP contribution < -0.4 is 0 Å². The lowest BCUT2D eigenvalue weighted by Crippen LogP contribution is -2.37. The molecule has 0 unspecified atom stereocenters. The average Bonchev–Trinajstić information content (AvgIpc) is 3.15. The van der Waals surface area contributed by atoms with Crippen LogP contribution in [0, 0.1) is 18.7 Å². The highest BCUT2D eigenvalue weighted by molar-refractivity contribution is 7.89. The molecule has 2 fully saturated rings. The maximum absolute atomic E-state index is 13.4. The molecular weight excluding hydrogens is 293 g/mol. The van der Waals surface area contributed by atoms with E-state index in [2.05, 4.69) is 0 Å². The zero-order chi connectivity index (χ0) is 15.0. The van der Waals surface area contributed by atoms with E-state index in [1.54, 1.807) is 11.2 Å². The second-order valence-electron chi connectivity index (χ2n) is 5.95. The first-order valence-corrected chi connectivity index (χ1v) is 8.78. The zero-order valence-corrected chi connectivity index (χ0v) is 12.9. The van der Waals surface area contributed by atoms with Crippen molar-refractivity contribution in [3.63, 3.8) is 0 Å². The molecule has 0 bridgehead atoms. The molecule has 0 radical (unpaired) electrons. The smallest absolute Gasteiger partial charge is 0.243 e. The molecule has 1 saturated heterocycles. The molecule has 116 valence electrons. The van der Waals surface area contributed by atoms with Crippen molar-refractivity contribution in [2.24, 2.45) is 5.92 Å². The highest BCUT2D eigenvalue weighted by Gasteiger charge is 2.39. The molecule has 1 aromatic rings. The summed E-state index contributed by atoms with van der Waals surface area (Å²) in [7, 11) is -3.55. The van der Waals surface area contributed by atoms with Crippen LogP contribution in [0.5, 0.6) is 0 Å². The van der Waals surface area contributed by atoms with Crippen molar-refractivity contribution in [3.05, 3.63) is 29.6 Å². The maximum atomic E-state index is 13.4. The third kappa shape index (κ3) is 3.12. The Kier molecular flexibility index (Phi) is 4.03. The lowest BCUT2D eigenvalue weighted by Gasteiger charge is -2.24. The van der Waals surface area contributed by atoms with Gasteiger partial charge in [-0.15, -0.1) is 0 Å². The highest BCUT2D eigenvalue weighted by atomic mass is 32.2. The molecule has 1 aliphatic heterocycles. The number of rotatable bonds is 5. The van der Waals surface area contributed by atoms with Gasteiger partial charge in [0.15, 0.2) is 0 Å². The first-order chi connectivity index (χ1) is 9.98. The number of hydrogen-bond acceptors (Lipinski definition) is 3. The van der Waals surface area contributed by atoms with Crippen LogP contribution in [0.25, 0.3) is 0 Å². The summed E-state index contributed by atoms with van der Waals surface area (Å²) in [6, 6.07) is 4.11. The molecule has 0 N–H and O–H groups in total. The molecule has 2 aliphatic rings. The summed E-state index contributed by atoms with van der Waals surface area (Å²) in [5.74, 6) is -0.113. The van der Waals surface area contributed by atoms with Crippen molar-refractivity contribution in [2.45, 2.75) is 37.1 Å². The van der Waals surface area contributed by atoms with Gasteiger partial charge in [-0.2, -0.15) is 4.31 Å². The molecule has 4 nitrogen and oxygen atoms in total. The summed E-state index contributed by atoms with van der Waals surface area (Å²) in [6.45, 7) is 3.42. The van der Waals surface area contributed by atoms with Crippen LogP contribution in [0.4, 0.5) is 4.39 Å². The molecule has 1 heterocycles. The molecule has 1 aromatic carbocycles. The van der Waals surface area contributed by atoms with Gasteiger partial charge in [0, 0.05) is 19.2 Å². The van der Waals surface area contributed by atoms with Crippen molar-refractivity contribution in [3.8, 4) is 0 Å². The van der Waals surface area contributed by atoms with Crippen molar-refractivity contribution in [1.29, 1.82) is 0 Å². The van der Waals surface area contributed by atoms with E-state index in [9.17, 15) is 12.8 Å². The van der Waals surface area contributed by atoms with Crippen LogP contribution in [0.15, 0.2) is 23.1 Å². The average molecular weight is 313 g/mol. The fourth-order valence-corrected chi connectivity index (χ4v) is 4.55. The summed E-state index contributed by atoms with van der Waals surface area (Å²) in [4.78, 5) is 0.187. The van der Waals surface area contributed by atoms with Crippen molar-refractivity contribution >= 4 is 10.0 Å². The standard InChI is InChI=1S/C15H20FNO3S/c1-11-8-14(4-5-15(11)16)21(18,19)17(13-2-3-13)9-12-6-7-20-10-12/h4-5,8,12-13H,2-3,6-7,9-10H2,1H3/t12-/m1/s1. The summed E-state index contributed by atoms with van der Waals surface area (Å²) >= 11 is 0. The van der Waals surface area contributed by atoms with Gasteiger partial charge in [0.1, 0.15) is 5.82 Å². The van der Waals surface area contributed by atoms with Crippen LogP contribution in [-0.4, -0.2) is 38.5 Å². The minimum Gasteiger partial charge on any atom is -0.381 e. The Morgan fingerprint density at radius 1 is 1.33 bits per heavy atom. The third-order valence-electron chi connectivity index (χ3n) is 4.15. The molecule has 6 heteroatoms. The lowest BCUT2D eigenvalue weighted by atomic mass is 10.1. The number of aryl methyl sites for hydroxylation is 1. The van der Waals surface area contributed by atoms with Gasteiger partial charge in [-0.25, -0.2) is 12.8 Å². The molecule has 0 aromatic heterocycles. The van der Waals surface area contributed by atoms with Gasteiger partial charge in [-0.3, -0.25) is 0 Å². The van der Waals surface area contributed by atoms with E-state index in [-0.39, 0.29) is 22.7 Å². The van der Waals surface area contributed by atoms with E-state index in [1.165, 1.54) is 18.2 Å². The van der Waals surface area contributed by atoms with E-state index >= 15 is 0 Å². The quantitative estimate of drug-likeness (QED) is 0.838. The van der Waals surface area contributed by atoms with Crippen LogP contribution in [0.3, 0.4) is 0 Å². The number of hydrogen-bond donors (Lipinski definition) is 0. The number of benzene rings is 1. The first-order valence-electron chi connectivity index (χ1n) is 7.34. The summed E-state index contributed by atoms with van der Waals surface area (Å²) in [5, 5.41) is 0. The van der Waals surface area contributed by atoms with Gasteiger partial charge < -0.3 is 4.74 Å². The van der Waals surface area contributed by atoms with E-state index in [0.29, 0.717) is 25.3 Å². The largest absolute Gasteiger partial charge is 0.381 e. The highest BCUT2D eigenvalue weighted by Crippen LogP contribution is 2.34. The van der Waals surface area contributed by atoms with E-state index < -0.39 is 10.0 Å². The van der Waals surface area contributed by atoms with E-state index in [0.717, 1.165) is 19.3 Å². The molecule has 1 saturated carbocycles. The molecular formula is C15H20FNO3S. The number of ether oxygens (including phenoxy) is 1. The summed E-state index contributed by atoms with van der Waals surface area (Å²) < 4.78 is 46.0. The summed E-state index contributed by atoms with van der Waals surface area (Å²) in [6.07, 6.45) is 2.72. The van der Waals surface area contributed by atoms with Crippen LogP contribution in [0.2, 0.25) is 0 Å². The van der Waals surface area contributed by atoms with E-state index in [1.807, 2.05) is 0 Å². The molecule has 0 amide bonds. The Balaban J connectivity index is 1.87. The molecule has 3 rings (SSSR count). The van der Waals surface area contributed by atoms with Crippen molar-refractivity contribution < 1.29 is 17.5 Å². The van der Waals surface area contributed by atoms with Gasteiger partial charge in [0.2, 0.25) is 10.0 Å². The fraction of sp³-hybridized carbons (Fsp3) is 0.600. The Hall–Kier alpha value is -0.980. The van der Waals surface area contributed by atoms with Crippen LogP contribution in [-0.2, 0) is 14.8 Å². The first kappa shape index (κ1) is 14.9. The molecule has 1 aliphatic carbocycles. The predicted octanol–water partition coefficient (Wildman–Crippen LogP) is 2.32. The lowest BCUT2D eigenvalue weighted by molar-refractivity contribution is 0.180. The number of halogens is 1. The molecule has 21 heavy (non-hydrogen) atoms. The number of nitrogens with zero attached hydrogens (tertiary/aromatic N) is 1. The Morgan fingerprint density at radius 3 is 2.67 bits per heavy atom. The Bertz CT molecular complexity index is 622. The zero-order valence-electron chi connectivity index (χ0n) is 12.1.